The molecule has 2 aromatic rings. The quantitative estimate of drug-likeness (QED) is 0.373. The molecule has 1 aromatic heterocycles. The van der Waals surface area contributed by atoms with Gasteiger partial charge in [0.05, 0.1) is 9.95 Å². The smallest absolute Gasteiger partial charge is 0.258 e. The molecule has 8 heteroatoms. The van der Waals surface area contributed by atoms with E-state index >= 15 is 0 Å². The van der Waals surface area contributed by atoms with Gasteiger partial charge in [-0.05, 0) is 23.7 Å². The van der Waals surface area contributed by atoms with Crippen LogP contribution in [0, 0.1) is 10.1 Å². The maximum Gasteiger partial charge on any atom is 0.319 e. The average molecular weight is 302 g/mol. The minimum absolute atomic E-state index is 0.0462. The molecular weight excluding hydrogens is 297 g/mol. The van der Waals surface area contributed by atoms with Crippen molar-refractivity contribution in [1.29, 1.82) is 0 Å². The van der Waals surface area contributed by atoms with Crippen molar-refractivity contribution in [2.45, 2.75) is 9.92 Å². The number of rotatable bonds is 3. The van der Waals surface area contributed by atoms with Crippen molar-refractivity contribution in [3.8, 4) is 0 Å². The van der Waals surface area contributed by atoms with Crippen LogP contribution >= 0.6 is 35.0 Å². The standard InChI is InChI=1S/C10H5Cl2N3O2S/c11-6-3-1-2-4-8(6)18-9-7(15(16)17)5-13-10(12)14-9/h1-5H. The lowest BCUT2D eigenvalue weighted by molar-refractivity contribution is -0.388. The van der Waals surface area contributed by atoms with E-state index in [1.807, 2.05) is 0 Å². The monoisotopic (exact) mass is 301 g/mol. The van der Waals surface area contributed by atoms with E-state index in [1.54, 1.807) is 24.3 Å². The third-order valence-corrected chi connectivity index (χ3v) is 3.64. The number of nitro groups is 1. The van der Waals surface area contributed by atoms with Crippen LogP contribution in [0.2, 0.25) is 10.3 Å². The highest BCUT2D eigenvalue weighted by Crippen LogP contribution is 2.36. The van der Waals surface area contributed by atoms with Gasteiger partial charge in [-0.15, -0.1) is 0 Å². The molecule has 92 valence electrons. The molecule has 1 heterocycles. The molecule has 0 saturated carbocycles. The summed E-state index contributed by atoms with van der Waals surface area (Å²) in [7, 11) is 0. The summed E-state index contributed by atoms with van der Waals surface area (Å²) in [5.74, 6) is 0. The Morgan fingerprint density at radius 3 is 2.67 bits per heavy atom. The molecule has 0 N–H and O–H groups in total. The van der Waals surface area contributed by atoms with Crippen molar-refractivity contribution in [3.05, 3.63) is 50.9 Å². The summed E-state index contributed by atoms with van der Waals surface area (Å²) < 4.78 is 0. The van der Waals surface area contributed by atoms with E-state index in [0.29, 0.717) is 9.92 Å². The van der Waals surface area contributed by atoms with Gasteiger partial charge in [0.2, 0.25) is 5.28 Å². The first-order valence-corrected chi connectivity index (χ1v) is 6.24. The summed E-state index contributed by atoms with van der Waals surface area (Å²) in [6.07, 6.45) is 1.08. The first-order chi connectivity index (χ1) is 8.58. The van der Waals surface area contributed by atoms with Crippen molar-refractivity contribution in [1.82, 2.24) is 9.97 Å². The lowest BCUT2D eigenvalue weighted by Crippen LogP contribution is -1.95. The molecule has 5 nitrogen and oxygen atoms in total. The van der Waals surface area contributed by atoms with Gasteiger partial charge in [-0.25, -0.2) is 9.97 Å². The van der Waals surface area contributed by atoms with Crippen molar-refractivity contribution < 1.29 is 4.92 Å². The Bertz CT molecular complexity index is 609. The first kappa shape index (κ1) is 13.1. The van der Waals surface area contributed by atoms with Crippen molar-refractivity contribution in [3.63, 3.8) is 0 Å². The topological polar surface area (TPSA) is 68.9 Å². The van der Waals surface area contributed by atoms with Crippen molar-refractivity contribution in [2.75, 3.05) is 0 Å². The minimum Gasteiger partial charge on any atom is -0.258 e. The zero-order valence-corrected chi connectivity index (χ0v) is 11.0. The van der Waals surface area contributed by atoms with Gasteiger partial charge in [-0.1, -0.05) is 35.5 Å². The molecule has 2 rings (SSSR count). The second kappa shape index (κ2) is 5.51. The fourth-order valence-electron chi connectivity index (χ4n) is 1.17. The van der Waals surface area contributed by atoms with Crippen LogP contribution in [-0.2, 0) is 0 Å². The van der Waals surface area contributed by atoms with E-state index in [1.165, 1.54) is 0 Å². The van der Waals surface area contributed by atoms with Crippen LogP contribution in [-0.4, -0.2) is 14.9 Å². The van der Waals surface area contributed by atoms with Crippen LogP contribution in [0.25, 0.3) is 0 Å². The third-order valence-electron chi connectivity index (χ3n) is 1.95. The molecule has 0 aliphatic carbocycles. The van der Waals surface area contributed by atoms with E-state index in [0.717, 1.165) is 18.0 Å². The molecule has 0 aliphatic heterocycles. The normalized spacial score (nSPS) is 10.3. The predicted molar refractivity (Wildman–Crippen MR) is 69.3 cm³/mol. The highest BCUT2D eigenvalue weighted by atomic mass is 35.5. The molecule has 0 saturated heterocycles. The summed E-state index contributed by atoms with van der Waals surface area (Å²) >= 11 is 12.7. The number of halogens is 2. The molecule has 0 unspecified atom stereocenters. The summed E-state index contributed by atoms with van der Waals surface area (Å²) in [6, 6.07) is 6.99. The van der Waals surface area contributed by atoms with Crippen LogP contribution in [0.1, 0.15) is 0 Å². The summed E-state index contributed by atoms with van der Waals surface area (Å²) in [5, 5.41) is 11.5. The molecular formula is C10H5Cl2N3O2S. The summed E-state index contributed by atoms with van der Waals surface area (Å²) in [4.78, 5) is 18.4. The van der Waals surface area contributed by atoms with Crippen LogP contribution in [0.3, 0.4) is 0 Å². The molecule has 0 bridgehead atoms. The molecule has 0 radical (unpaired) electrons. The SMILES string of the molecule is O=[N+]([O-])c1cnc(Cl)nc1Sc1ccccc1Cl. The molecule has 0 atom stereocenters. The van der Waals surface area contributed by atoms with E-state index in [4.69, 9.17) is 23.2 Å². The second-order valence-electron chi connectivity index (χ2n) is 3.12. The van der Waals surface area contributed by atoms with Crippen LogP contribution in [0.15, 0.2) is 40.4 Å². The van der Waals surface area contributed by atoms with E-state index < -0.39 is 4.92 Å². The van der Waals surface area contributed by atoms with Gasteiger partial charge >= 0.3 is 5.69 Å². The number of benzene rings is 1. The van der Waals surface area contributed by atoms with Gasteiger partial charge < -0.3 is 0 Å². The maximum absolute atomic E-state index is 10.8. The van der Waals surface area contributed by atoms with Crippen LogP contribution in [0.5, 0.6) is 0 Å². The highest BCUT2D eigenvalue weighted by molar-refractivity contribution is 7.99. The van der Waals surface area contributed by atoms with E-state index in [-0.39, 0.29) is 16.0 Å². The Balaban J connectivity index is 2.42. The van der Waals surface area contributed by atoms with Crippen LogP contribution < -0.4 is 0 Å². The van der Waals surface area contributed by atoms with Gasteiger partial charge in [0.25, 0.3) is 0 Å². The number of hydrogen-bond acceptors (Lipinski definition) is 5. The van der Waals surface area contributed by atoms with Crippen molar-refractivity contribution >= 4 is 40.7 Å². The van der Waals surface area contributed by atoms with Gasteiger partial charge in [-0.2, -0.15) is 0 Å². The third kappa shape index (κ3) is 2.90. The number of aromatic nitrogens is 2. The zero-order valence-electron chi connectivity index (χ0n) is 8.71. The fraction of sp³-hybridized carbons (Fsp3) is 0. The van der Waals surface area contributed by atoms with Gasteiger partial charge in [0.15, 0.2) is 5.03 Å². The molecule has 18 heavy (non-hydrogen) atoms. The lowest BCUT2D eigenvalue weighted by atomic mass is 10.4. The van der Waals surface area contributed by atoms with Gasteiger partial charge in [0, 0.05) is 4.90 Å². The van der Waals surface area contributed by atoms with Crippen molar-refractivity contribution in [2.24, 2.45) is 0 Å². The fourth-order valence-corrected chi connectivity index (χ4v) is 2.49. The minimum atomic E-state index is -0.560. The Morgan fingerprint density at radius 2 is 2.00 bits per heavy atom. The molecule has 0 amide bonds. The largest absolute Gasteiger partial charge is 0.319 e. The predicted octanol–water partition coefficient (Wildman–Crippen LogP) is 3.84. The Morgan fingerprint density at radius 1 is 1.28 bits per heavy atom. The van der Waals surface area contributed by atoms with Crippen LogP contribution in [0.4, 0.5) is 5.69 Å². The van der Waals surface area contributed by atoms with E-state index in [9.17, 15) is 10.1 Å². The highest BCUT2D eigenvalue weighted by Gasteiger charge is 2.18. The Hall–Kier alpha value is -1.37. The second-order valence-corrected chi connectivity index (χ2v) is 4.89. The number of hydrogen-bond donors (Lipinski definition) is 0. The summed E-state index contributed by atoms with van der Waals surface area (Å²) in [6.45, 7) is 0. The van der Waals surface area contributed by atoms with Gasteiger partial charge in [0.1, 0.15) is 6.20 Å². The molecule has 0 aliphatic rings. The number of nitrogens with zero attached hydrogens (tertiary/aromatic N) is 3. The maximum atomic E-state index is 10.8. The summed E-state index contributed by atoms with van der Waals surface area (Å²) in [5.41, 5.74) is -0.204. The average Bonchev–Trinajstić information content (AvgIpc) is 2.32. The van der Waals surface area contributed by atoms with Gasteiger partial charge in [-0.3, -0.25) is 10.1 Å². The molecule has 0 fully saturated rings. The molecule has 1 aromatic carbocycles. The zero-order chi connectivity index (χ0) is 13.1. The Labute approximate surface area is 116 Å². The Kier molecular flexibility index (Phi) is 4.00. The van der Waals surface area contributed by atoms with E-state index in [2.05, 4.69) is 9.97 Å². The first-order valence-electron chi connectivity index (χ1n) is 4.67. The lowest BCUT2D eigenvalue weighted by Gasteiger charge is -2.03. The molecule has 0 spiro atoms.